The zero-order valence-electron chi connectivity index (χ0n) is 18.3. The highest BCUT2D eigenvalue weighted by molar-refractivity contribution is 7.22. The van der Waals surface area contributed by atoms with Gasteiger partial charge in [0.15, 0.2) is 5.13 Å². The largest absolute Gasteiger partial charge is 0.495 e. The lowest BCUT2D eigenvalue weighted by atomic mass is 10.1. The van der Waals surface area contributed by atoms with Crippen LogP contribution in [0.3, 0.4) is 0 Å². The summed E-state index contributed by atoms with van der Waals surface area (Å²) in [5.41, 5.74) is 2.37. The minimum absolute atomic E-state index is 0.0309. The summed E-state index contributed by atoms with van der Waals surface area (Å²) in [4.78, 5) is 21.6. The first-order valence-corrected chi connectivity index (χ1v) is 11.1. The van der Waals surface area contributed by atoms with Gasteiger partial charge in [-0.25, -0.2) is 4.98 Å². The maximum absolute atomic E-state index is 13.6. The molecule has 1 aromatic heterocycles. The Morgan fingerprint density at radius 1 is 1.07 bits per heavy atom. The molecule has 1 heterocycles. The van der Waals surface area contributed by atoms with Gasteiger partial charge in [-0.2, -0.15) is 0 Å². The molecule has 2 aromatic carbocycles. The number of carbonyl (C=O) groups is 1. The van der Waals surface area contributed by atoms with E-state index in [1.54, 1.807) is 19.1 Å². The Kier molecular flexibility index (Phi) is 7.29. The van der Waals surface area contributed by atoms with Gasteiger partial charge < -0.3 is 14.4 Å². The number of carbonyl (C=O) groups excluding carboxylic acids is 1. The van der Waals surface area contributed by atoms with E-state index in [1.807, 2.05) is 43.3 Å². The average molecular weight is 429 g/mol. The lowest BCUT2D eigenvalue weighted by Crippen LogP contribution is -3.12. The van der Waals surface area contributed by atoms with Crippen LogP contribution in [-0.4, -0.2) is 51.3 Å². The maximum Gasteiger partial charge on any atom is 0.260 e. The van der Waals surface area contributed by atoms with Crippen LogP contribution in [0.15, 0.2) is 36.4 Å². The van der Waals surface area contributed by atoms with Crippen molar-refractivity contribution in [3.8, 4) is 11.5 Å². The van der Waals surface area contributed by atoms with Crippen LogP contribution >= 0.6 is 11.3 Å². The van der Waals surface area contributed by atoms with Crippen LogP contribution < -0.4 is 19.3 Å². The molecule has 1 amide bonds. The lowest BCUT2D eigenvalue weighted by Gasteiger charge is -2.23. The molecule has 6 nitrogen and oxygen atoms in total. The van der Waals surface area contributed by atoms with Gasteiger partial charge in [-0.3, -0.25) is 9.69 Å². The van der Waals surface area contributed by atoms with Crippen LogP contribution in [0.25, 0.3) is 10.2 Å². The van der Waals surface area contributed by atoms with E-state index < -0.39 is 0 Å². The summed E-state index contributed by atoms with van der Waals surface area (Å²) in [6.45, 7) is 9.78. The smallest absolute Gasteiger partial charge is 0.260 e. The highest BCUT2D eigenvalue weighted by atomic mass is 32.1. The van der Waals surface area contributed by atoms with Gasteiger partial charge in [0, 0.05) is 5.56 Å². The predicted molar refractivity (Wildman–Crippen MR) is 122 cm³/mol. The van der Waals surface area contributed by atoms with Crippen molar-refractivity contribution in [2.24, 2.45) is 0 Å². The first kappa shape index (κ1) is 22.1. The number of aryl methyl sites for hydroxylation is 1. The van der Waals surface area contributed by atoms with Crippen LogP contribution in [0.4, 0.5) is 5.13 Å². The molecule has 30 heavy (non-hydrogen) atoms. The molecule has 0 saturated carbocycles. The highest BCUT2D eigenvalue weighted by Gasteiger charge is 2.25. The number of nitrogens with zero attached hydrogens (tertiary/aromatic N) is 2. The second-order valence-electron chi connectivity index (χ2n) is 7.12. The predicted octanol–water partition coefficient (Wildman–Crippen LogP) is 3.19. The number of quaternary nitrogens is 1. The van der Waals surface area contributed by atoms with E-state index in [0.29, 0.717) is 23.0 Å². The topological polar surface area (TPSA) is 56.1 Å². The van der Waals surface area contributed by atoms with Crippen LogP contribution in [0.2, 0.25) is 0 Å². The van der Waals surface area contributed by atoms with E-state index in [9.17, 15) is 4.79 Å². The number of ether oxygens (including phenoxy) is 2. The molecule has 0 aliphatic carbocycles. The summed E-state index contributed by atoms with van der Waals surface area (Å²) in [5.74, 6) is 1.37. The van der Waals surface area contributed by atoms with Crippen molar-refractivity contribution in [3.05, 3.63) is 47.5 Å². The summed E-state index contributed by atoms with van der Waals surface area (Å²) in [5, 5.41) is 0.660. The zero-order chi connectivity index (χ0) is 21.7. The van der Waals surface area contributed by atoms with Gasteiger partial charge in [0.2, 0.25) is 0 Å². The monoisotopic (exact) mass is 428 g/mol. The number of anilines is 1. The molecule has 0 bridgehead atoms. The van der Waals surface area contributed by atoms with Gasteiger partial charge in [0.25, 0.3) is 5.91 Å². The molecule has 0 radical (unpaired) electrons. The molecular weight excluding hydrogens is 398 g/mol. The Morgan fingerprint density at radius 2 is 1.73 bits per heavy atom. The number of hydrogen-bond donors (Lipinski definition) is 1. The third-order valence-electron chi connectivity index (χ3n) is 5.44. The highest BCUT2D eigenvalue weighted by Crippen LogP contribution is 2.40. The van der Waals surface area contributed by atoms with E-state index in [4.69, 9.17) is 14.5 Å². The maximum atomic E-state index is 13.6. The van der Waals surface area contributed by atoms with Gasteiger partial charge in [-0.05, 0) is 44.5 Å². The van der Waals surface area contributed by atoms with Crippen molar-refractivity contribution in [2.45, 2.75) is 20.8 Å². The van der Waals surface area contributed by atoms with Gasteiger partial charge in [0.05, 0.1) is 40.4 Å². The molecule has 0 atom stereocenters. The number of thiazole rings is 1. The summed E-state index contributed by atoms with van der Waals surface area (Å²) < 4.78 is 11.9. The normalized spacial score (nSPS) is 11.1. The van der Waals surface area contributed by atoms with Crippen molar-refractivity contribution in [3.63, 3.8) is 0 Å². The van der Waals surface area contributed by atoms with Crippen LogP contribution in [-0.2, 0) is 0 Å². The van der Waals surface area contributed by atoms with Crippen molar-refractivity contribution >= 4 is 32.6 Å². The summed E-state index contributed by atoms with van der Waals surface area (Å²) in [6, 6.07) is 11.4. The number of benzene rings is 2. The first-order chi connectivity index (χ1) is 14.5. The molecule has 0 fully saturated rings. The minimum Gasteiger partial charge on any atom is -0.495 e. The Labute approximate surface area is 182 Å². The summed E-state index contributed by atoms with van der Waals surface area (Å²) in [6.07, 6.45) is 0. The molecule has 3 rings (SSSR count). The molecule has 0 aliphatic heterocycles. The number of amides is 1. The van der Waals surface area contributed by atoms with Crippen molar-refractivity contribution < 1.29 is 19.2 Å². The molecule has 160 valence electrons. The number of fused-ring (bicyclic) bond motifs is 1. The van der Waals surface area contributed by atoms with Gasteiger partial charge in [-0.1, -0.05) is 29.5 Å². The number of rotatable bonds is 9. The number of nitrogens with one attached hydrogen (secondary N) is 1. The third kappa shape index (κ3) is 4.42. The Morgan fingerprint density at radius 3 is 2.37 bits per heavy atom. The summed E-state index contributed by atoms with van der Waals surface area (Å²) in [7, 11) is 3.26. The number of methoxy groups -OCH3 is 2. The fourth-order valence-electron chi connectivity index (χ4n) is 3.51. The van der Waals surface area contributed by atoms with E-state index in [2.05, 4.69) is 13.8 Å². The van der Waals surface area contributed by atoms with Crippen molar-refractivity contribution in [1.29, 1.82) is 0 Å². The molecule has 7 heteroatoms. The Balaban J connectivity index is 2.07. The van der Waals surface area contributed by atoms with Gasteiger partial charge in [0.1, 0.15) is 21.7 Å². The number of aromatic nitrogens is 1. The van der Waals surface area contributed by atoms with Gasteiger partial charge in [-0.15, -0.1) is 0 Å². The van der Waals surface area contributed by atoms with Crippen molar-refractivity contribution in [2.75, 3.05) is 45.3 Å². The molecule has 3 aromatic rings. The van der Waals surface area contributed by atoms with E-state index in [1.165, 1.54) is 16.2 Å². The average Bonchev–Trinajstić information content (AvgIpc) is 3.21. The molecule has 0 aliphatic rings. The standard InChI is InChI=1S/C23H29N3O3S/c1-6-25(7-2)14-15-26(22(27)17-11-9-8-10-16(17)3)23-24-20-18(28-4)12-13-19(29-5)21(20)30-23/h8-13H,6-7,14-15H2,1-5H3/p+1. The lowest BCUT2D eigenvalue weighted by molar-refractivity contribution is -0.894. The van der Waals surface area contributed by atoms with E-state index in [0.717, 1.165) is 41.2 Å². The first-order valence-electron chi connectivity index (χ1n) is 10.3. The second-order valence-corrected chi connectivity index (χ2v) is 8.10. The Bertz CT molecular complexity index is 973. The third-order valence-corrected chi connectivity index (χ3v) is 6.53. The minimum atomic E-state index is -0.0309. The molecule has 0 unspecified atom stereocenters. The SMILES string of the molecule is CC[NH+](CC)CCN(C(=O)c1ccccc1C)c1nc2c(OC)ccc(OC)c2s1. The molecular formula is C23H30N3O3S+. The molecule has 0 saturated heterocycles. The fourth-order valence-corrected chi connectivity index (χ4v) is 4.60. The molecule has 0 spiro atoms. The van der Waals surface area contributed by atoms with E-state index >= 15 is 0 Å². The van der Waals surface area contributed by atoms with Crippen LogP contribution in [0.1, 0.15) is 29.8 Å². The van der Waals surface area contributed by atoms with E-state index in [-0.39, 0.29) is 5.91 Å². The van der Waals surface area contributed by atoms with Crippen LogP contribution in [0, 0.1) is 6.92 Å². The summed E-state index contributed by atoms with van der Waals surface area (Å²) >= 11 is 1.46. The van der Waals surface area contributed by atoms with Crippen LogP contribution in [0.5, 0.6) is 11.5 Å². The quantitative estimate of drug-likeness (QED) is 0.569. The molecule has 1 N–H and O–H groups in total. The Hall–Kier alpha value is -2.64. The van der Waals surface area contributed by atoms with Crippen molar-refractivity contribution in [1.82, 2.24) is 4.98 Å². The van der Waals surface area contributed by atoms with Gasteiger partial charge >= 0.3 is 0 Å². The fraction of sp³-hybridized carbons (Fsp3) is 0.391. The number of hydrogen-bond acceptors (Lipinski definition) is 5. The zero-order valence-corrected chi connectivity index (χ0v) is 19.1. The number of likely N-dealkylation sites (N-methyl/N-ethyl adjacent to an activating group) is 1. The second kappa shape index (κ2) is 9.91.